The van der Waals surface area contributed by atoms with E-state index in [1.54, 1.807) is 24.3 Å². The minimum absolute atomic E-state index is 0.250. The van der Waals surface area contributed by atoms with Crippen LogP contribution in [0.5, 0.6) is 5.75 Å². The number of ether oxygens (including phenoxy) is 1. The zero-order valence-electron chi connectivity index (χ0n) is 16.6. The van der Waals surface area contributed by atoms with Gasteiger partial charge in [0.25, 0.3) is 0 Å². The molecule has 3 rings (SSSR count). The third-order valence-corrected chi connectivity index (χ3v) is 4.81. The molecule has 0 amide bonds. The van der Waals surface area contributed by atoms with Gasteiger partial charge in [-0.2, -0.15) is 5.26 Å². The maximum Gasteiger partial charge on any atom is 0.343 e. The van der Waals surface area contributed by atoms with Crippen LogP contribution < -0.4 is 4.74 Å². The number of nitriles is 1. The molecule has 0 heterocycles. The summed E-state index contributed by atoms with van der Waals surface area (Å²) in [7, 11) is 0. The molecule has 0 atom stereocenters. The number of benzene rings is 3. The molecule has 0 aliphatic carbocycles. The van der Waals surface area contributed by atoms with E-state index in [1.165, 1.54) is 30.9 Å². The number of nitrogens with zero attached hydrogens (tertiary/aromatic N) is 1. The molecular weight excluding hydrogens is 384 g/mol. The number of hydrogen-bond acceptors (Lipinski definition) is 3. The van der Waals surface area contributed by atoms with E-state index in [0.717, 1.165) is 29.7 Å². The Balaban J connectivity index is 1.68. The molecule has 3 aromatic rings. The topological polar surface area (TPSA) is 50.1 Å². The second kappa shape index (κ2) is 9.80. The van der Waals surface area contributed by atoms with E-state index in [2.05, 4.69) is 31.2 Å². The first kappa shape index (κ1) is 21.2. The van der Waals surface area contributed by atoms with Crippen LogP contribution in [0.15, 0.2) is 60.7 Å². The van der Waals surface area contributed by atoms with Crippen LogP contribution in [0.3, 0.4) is 0 Å². The first-order valence-electron chi connectivity index (χ1n) is 9.82. The quantitative estimate of drug-likeness (QED) is 0.258. The van der Waals surface area contributed by atoms with Gasteiger partial charge in [-0.1, -0.05) is 56.2 Å². The Morgan fingerprint density at radius 3 is 2.03 bits per heavy atom. The summed E-state index contributed by atoms with van der Waals surface area (Å²) in [5, 5.41) is 8.70. The fourth-order valence-corrected chi connectivity index (χ4v) is 3.12. The Labute approximate surface area is 174 Å². The lowest BCUT2D eigenvalue weighted by molar-refractivity contribution is 0.0734. The second-order valence-electron chi connectivity index (χ2n) is 6.99. The van der Waals surface area contributed by atoms with Gasteiger partial charge in [-0.3, -0.25) is 0 Å². The van der Waals surface area contributed by atoms with Crippen LogP contribution in [-0.2, 0) is 6.42 Å². The van der Waals surface area contributed by atoms with Crippen molar-refractivity contribution < 1.29 is 18.3 Å². The lowest BCUT2D eigenvalue weighted by Crippen LogP contribution is -2.09. The largest absolute Gasteiger partial charge is 0.423 e. The summed E-state index contributed by atoms with van der Waals surface area (Å²) in [6.07, 6.45) is 4.66. The highest BCUT2D eigenvalue weighted by molar-refractivity contribution is 5.91. The van der Waals surface area contributed by atoms with Gasteiger partial charge in [0.15, 0.2) is 0 Å². The molecule has 3 aromatic carbocycles. The van der Waals surface area contributed by atoms with Crippen molar-refractivity contribution in [3.63, 3.8) is 0 Å². The molecule has 0 aliphatic heterocycles. The van der Waals surface area contributed by atoms with Crippen LogP contribution in [-0.4, -0.2) is 5.97 Å². The molecule has 5 heteroatoms. The van der Waals surface area contributed by atoms with Crippen LogP contribution in [0.25, 0.3) is 11.1 Å². The smallest absolute Gasteiger partial charge is 0.343 e. The van der Waals surface area contributed by atoms with Crippen molar-refractivity contribution in [2.75, 3.05) is 0 Å². The van der Waals surface area contributed by atoms with E-state index in [1.807, 2.05) is 0 Å². The Kier molecular flexibility index (Phi) is 6.92. The highest BCUT2D eigenvalue weighted by Gasteiger charge is 2.15. The molecule has 0 N–H and O–H groups in total. The minimum atomic E-state index is -1.08. The van der Waals surface area contributed by atoms with Gasteiger partial charge >= 0.3 is 5.97 Å². The number of carbonyl (C=O) groups excluding carboxylic acids is 1. The standard InChI is InChI=1S/C25H21F2NO2/c1-2-3-4-5-17-6-8-18(9-7-17)19-10-12-20(13-11-19)25(29)30-21-14-23(26)22(16-28)24(27)15-21/h6-15H,2-5H2,1H3. The van der Waals surface area contributed by atoms with Crippen LogP contribution in [0.1, 0.15) is 47.7 Å². The number of esters is 1. The molecule has 0 saturated heterocycles. The number of unbranched alkanes of at least 4 members (excludes halogenated alkanes) is 2. The normalized spacial score (nSPS) is 10.5. The van der Waals surface area contributed by atoms with Gasteiger partial charge in [-0.15, -0.1) is 0 Å². The third-order valence-electron chi connectivity index (χ3n) is 4.81. The highest BCUT2D eigenvalue weighted by Crippen LogP contribution is 2.23. The van der Waals surface area contributed by atoms with Gasteiger partial charge < -0.3 is 4.74 Å². The fourth-order valence-electron chi connectivity index (χ4n) is 3.12. The van der Waals surface area contributed by atoms with Crippen LogP contribution >= 0.6 is 0 Å². The van der Waals surface area contributed by atoms with Crippen molar-refractivity contribution >= 4 is 5.97 Å². The number of aryl methyl sites for hydroxylation is 1. The predicted molar refractivity (Wildman–Crippen MR) is 111 cm³/mol. The monoisotopic (exact) mass is 405 g/mol. The predicted octanol–water partition coefficient (Wildman–Crippen LogP) is 6.46. The van der Waals surface area contributed by atoms with Gasteiger partial charge in [-0.05, 0) is 41.7 Å². The zero-order chi connectivity index (χ0) is 21.5. The van der Waals surface area contributed by atoms with Gasteiger partial charge in [0, 0.05) is 12.1 Å². The fraction of sp³-hybridized carbons (Fsp3) is 0.200. The molecule has 0 saturated carbocycles. The van der Waals surface area contributed by atoms with Gasteiger partial charge in [0.05, 0.1) is 5.56 Å². The summed E-state index contributed by atoms with van der Waals surface area (Å²) >= 11 is 0. The lowest BCUT2D eigenvalue weighted by Gasteiger charge is -2.08. The number of hydrogen-bond donors (Lipinski definition) is 0. The molecular formula is C25H21F2NO2. The Morgan fingerprint density at radius 1 is 0.933 bits per heavy atom. The summed E-state index contributed by atoms with van der Waals surface area (Å²) in [5.41, 5.74) is 2.82. The SMILES string of the molecule is CCCCCc1ccc(-c2ccc(C(=O)Oc3cc(F)c(C#N)c(F)c3)cc2)cc1. The van der Waals surface area contributed by atoms with Crippen molar-refractivity contribution in [3.8, 4) is 22.9 Å². The number of carbonyl (C=O) groups is 1. The average Bonchev–Trinajstić information content (AvgIpc) is 2.74. The van der Waals surface area contributed by atoms with Crippen LogP contribution in [0, 0.1) is 23.0 Å². The molecule has 0 radical (unpaired) electrons. The van der Waals surface area contributed by atoms with Gasteiger partial charge in [0.1, 0.15) is 29.0 Å². The highest BCUT2D eigenvalue weighted by atomic mass is 19.1. The van der Waals surface area contributed by atoms with Crippen molar-refractivity contribution in [1.29, 1.82) is 5.26 Å². The molecule has 152 valence electrons. The Hall–Kier alpha value is -3.52. The van der Waals surface area contributed by atoms with Crippen molar-refractivity contribution in [2.24, 2.45) is 0 Å². The van der Waals surface area contributed by atoms with E-state index < -0.39 is 23.2 Å². The zero-order valence-corrected chi connectivity index (χ0v) is 16.6. The molecule has 3 nitrogen and oxygen atoms in total. The van der Waals surface area contributed by atoms with Gasteiger partial charge in [0.2, 0.25) is 0 Å². The van der Waals surface area contributed by atoms with E-state index in [0.29, 0.717) is 0 Å². The Morgan fingerprint density at radius 2 is 1.50 bits per heavy atom. The second-order valence-corrected chi connectivity index (χ2v) is 6.99. The van der Waals surface area contributed by atoms with Crippen molar-refractivity contribution in [2.45, 2.75) is 32.6 Å². The molecule has 0 aromatic heterocycles. The molecule has 0 bridgehead atoms. The van der Waals surface area contributed by atoms with E-state index >= 15 is 0 Å². The summed E-state index contributed by atoms with van der Waals surface area (Å²) in [5.74, 6) is -3.18. The Bertz CT molecular complexity index is 1040. The molecule has 0 unspecified atom stereocenters. The van der Waals surface area contributed by atoms with E-state index in [9.17, 15) is 13.6 Å². The first-order chi connectivity index (χ1) is 14.5. The maximum atomic E-state index is 13.7. The van der Waals surface area contributed by atoms with Gasteiger partial charge in [-0.25, -0.2) is 13.6 Å². The number of rotatable bonds is 7. The molecule has 0 fully saturated rings. The third kappa shape index (κ3) is 5.09. The minimum Gasteiger partial charge on any atom is -0.423 e. The maximum absolute atomic E-state index is 13.7. The molecule has 0 spiro atoms. The van der Waals surface area contributed by atoms with Crippen molar-refractivity contribution in [1.82, 2.24) is 0 Å². The van der Waals surface area contributed by atoms with Crippen LogP contribution in [0.2, 0.25) is 0 Å². The molecule has 30 heavy (non-hydrogen) atoms. The lowest BCUT2D eigenvalue weighted by atomic mass is 10.0. The van der Waals surface area contributed by atoms with Crippen molar-refractivity contribution in [3.05, 3.63) is 89.0 Å². The summed E-state index contributed by atoms with van der Waals surface area (Å²) in [6, 6.07) is 18.2. The summed E-state index contributed by atoms with van der Waals surface area (Å²) < 4.78 is 32.4. The van der Waals surface area contributed by atoms with E-state index in [4.69, 9.17) is 10.00 Å². The average molecular weight is 405 g/mol. The number of halogens is 2. The molecule has 0 aliphatic rings. The van der Waals surface area contributed by atoms with E-state index in [-0.39, 0.29) is 11.3 Å². The van der Waals surface area contributed by atoms with Crippen LogP contribution in [0.4, 0.5) is 8.78 Å². The summed E-state index contributed by atoms with van der Waals surface area (Å²) in [4.78, 5) is 12.3. The summed E-state index contributed by atoms with van der Waals surface area (Å²) in [6.45, 7) is 2.18. The first-order valence-corrected chi connectivity index (χ1v) is 9.82.